The van der Waals surface area contributed by atoms with E-state index in [1.54, 1.807) is 0 Å². The number of hydrogen-bond donors (Lipinski definition) is 2. The van der Waals surface area contributed by atoms with Crippen LogP contribution >= 0.6 is 0 Å². The first-order valence-electron chi connectivity index (χ1n) is 6.99. The summed E-state index contributed by atoms with van der Waals surface area (Å²) in [5, 5.41) is 18.5. The van der Waals surface area contributed by atoms with Gasteiger partial charge in [0.1, 0.15) is 0 Å². The van der Waals surface area contributed by atoms with Gasteiger partial charge in [0.25, 0.3) is 0 Å². The van der Waals surface area contributed by atoms with Crippen molar-refractivity contribution in [3.8, 4) is 11.8 Å². The van der Waals surface area contributed by atoms with Gasteiger partial charge in [-0.05, 0) is 32.6 Å². The molecule has 2 unspecified atom stereocenters. The molecule has 100 valence electrons. The number of hydrogen-bond acceptors (Lipinski definition) is 2. The Balaban J connectivity index is 3.60. The zero-order valence-corrected chi connectivity index (χ0v) is 11.4. The van der Waals surface area contributed by atoms with Crippen LogP contribution in [0.25, 0.3) is 0 Å². The number of aliphatic hydroxyl groups is 2. The minimum Gasteiger partial charge on any atom is -0.396 e. The molecule has 0 spiro atoms. The number of unbranched alkanes of at least 4 members (excludes halogenated alkanes) is 5. The molecule has 0 rings (SSSR count). The Bertz CT molecular complexity index is 215. The molecule has 0 saturated heterocycles. The van der Waals surface area contributed by atoms with E-state index >= 15 is 0 Å². The van der Waals surface area contributed by atoms with Crippen molar-refractivity contribution in [2.75, 3.05) is 6.61 Å². The predicted molar refractivity (Wildman–Crippen MR) is 72.6 cm³/mol. The van der Waals surface area contributed by atoms with Crippen molar-refractivity contribution in [1.29, 1.82) is 0 Å². The van der Waals surface area contributed by atoms with Crippen LogP contribution in [0.1, 0.15) is 65.2 Å². The molecule has 2 N–H and O–H groups in total. The lowest BCUT2D eigenvalue weighted by Crippen LogP contribution is -2.16. The van der Waals surface area contributed by atoms with Crippen LogP contribution in [0.5, 0.6) is 0 Å². The highest BCUT2D eigenvalue weighted by Gasteiger charge is 2.10. The topological polar surface area (TPSA) is 40.5 Å². The maximum absolute atomic E-state index is 9.80. The summed E-state index contributed by atoms with van der Waals surface area (Å²) in [5.74, 6) is 6.34. The van der Waals surface area contributed by atoms with Crippen LogP contribution in [0.2, 0.25) is 0 Å². The summed E-state index contributed by atoms with van der Waals surface area (Å²) in [6.45, 7) is 4.39. The summed E-state index contributed by atoms with van der Waals surface area (Å²) in [4.78, 5) is 0. The van der Waals surface area contributed by atoms with E-state index in [2.05, 4.69) is 18.8 Å². The van der Waals surface area contributed by atoms with Gasteiger partial charge in [-0.1, -0.05) is 32.1 Å². The van der Waals surface area contributed by atoms with Crippen molar-refractivity contribution in [2.45, 2.75) is 71.3 Å². The van der Waals surface area contributed by atoms with Crippen LogP contribution in [0.3, 0.4) is 0 Å². The molecule has 0 aromatic rings. The molecule has 0 aliphatic rings. The summed E-state index contributed by atoms with van der Waals surface area (Å²) in [7, 11) is 0. The molecule has 17 heavy (non-hydrogen) atoms. The van der Waals surface area contributed by atoms with Crippen LogP contribution in [-0.4, -0.2) is 22.9 Å². The summed E-state index contributed by atoms with van der Waals surface area (Å²) >= 11 is 0. The van der Waals surface area contributed by atoms with Gasteiger partial charge in [-0.15, -0.1) is 5.92 Å². The molecule has 2 nitrogen and oxygen atoms in total. The molecule has 0 saturated carbocycles. The Morgan fingerprint density at radius 1 is 1.06 bits per heavy atom. The second kappa shape index (κ2) is 12.0. The van der Waals surface area contributed by atoms with Crippen LogP contribution in [0.4, 0.5) is 0 Å². The van der Waals surface area contributed by atoms with Gasteiger partial charge in [0.05, 0.1) is 6.10 Å². The zero-order chi connectivity index (χ0) is 12.9. The van der Waals surface area contributed by atoms with Crippen molar-refractivity contribution in [1.82, 2.24) is 0 Å². The lowest BCUT2D eigenvalue weighted by molar-refractivity contribution is 0.126. The quantitative estimate of drug-likeness (QED) is 0.480. The Hall–Kier alpha value is -0.520. The van der Waals surface area contributed by atoms with Gasteiger partial charge >= 0.3 is 0 Å². The monoisotopic (exact) mass is 240 g/mol. The molecule has 2 atom stereocenters. The molecule has 0 heterocycles. The van der Waals surface area contributed by atoms with E-state index < -0.39 is 0 Å². The average Bonchev–Trinajstić information content (AvgIpc) is 2.33. The van der Waals surface area contributed by atoms with E-state index in [0.717, 1.165) is 25.7 Å². The largest absolute Gasteiger partial charge is 0.396 e. The molecular weight excluding hydrogens is 212 g/mol. The smallest absolute Gasteiger partial charge is 0.0674 e. The van der Waals surface area contributed by atoms with E-state index in [1.807, 2.05) is 6.92 Å². The van der Waals surface area contributed by atoms with Gasteiger partial charge in [0, 0.05) is 18.9 Å². The molecule has 0 aromatic heterocycles. The summed E-state index contributed by atoms with van der Waals surface area (Å²) in [6, 6.07) is 0. The summed E-state index contributed by atoms with van der Waals surface area (Å²) in [5.41, 5.74) is 0. The van der Waals surface area contributed by atoms with Crippen LogP contribution < -0.4 is 0 Å². The molecular formula is C15H28O2. The number of aliphatic hydroxyl groups excluding tert-OH is 2. The van der Waals surface area contributed by atoms with Crippen molar-refractivity contribution >= 4 is 0 Å². The van der Waals surface area contributed by atoms with Gasteiger partial charge in [-0.25, -0.2) is 0 Å². The van der Waals surface area contributed by atoms with E-state index in [1.165, 1.54) is 25.7 Å². The van der Waals surface area contributed by atoms with Crippen molar-refractivity contribution < 1.29 is 10.2 Å². The van der Waals surface area contributed by atoms with Gasteiger partial charge < -0.3 is 10.2 Å². The first-order valence-corrected chi connectivity index (χ1v) is 6.99. The maximum Gasteiger partial charge on any atom is 0.0674 e. The van der Waals surface area contributed by atoms with Crippen molar-refractivity contribution in [3.63, 3.8) is 0 Å². The minimum absolute atomic E-state index is 0.0554. The first-order chi connectivity index (χ1) is 8.22. The summed E-state index contributed by atoms with van der Waals surface area (Å²) in [6.07, 6.45) is 7.99. The standard InChI is InChI=1S/C15H28O2/c1-3-4-5-6-7-8-11-14(2)15(17)12-9-10-13-16/h14-17H,3-7,9-10,12-13H2,1-2H3. The highest BCUT2D eigenvalue weighted by Crippen LogP contribution is 2.10. The maximum atomic E-state index is 9.80. The molecule has 0 radical (unpaired) electrons. The molecule has 0 amide bonds. The van der Waals surface area contributed by atoms with Gasteiger partial charge in [-0.3, -0.25) is 0 Å². The third-order valence-electron chi connectivity index (χ3n) is 2.97. The molecule has 0 aromatic carbocycles. The average molecular weight is 240 g/mol. The van der Waals surface area contributed by atoms with E-state index in [-0.39, 0.29) is 18.6 Å². The third kappa shape index (κ3) is 10.4. The van der Waals surface area contributed by atoms with Gasteiger partial charge in [0.15, 0.2) is 0 Å². The number of rotatable bonds is 9. The first kappa shape index (κ1) is 16.5. The molecule has 0 bridgehead atoms. The second-order valence-electron chi connectivity index (χ2n) is 4.71. The van der Waals surface area contributed by atoms with Crippen molar-refractivity contribution in [2.24, 2.45) is 5.92 Å². The molecule has 0 fully saturated rings. The Morgan fingerprint density at radius 2 is 1.82 bits per heavy atom. The Morgan fingerprint density at radius 3 is 2.47 bits per heavy atom. The molecule has 0 aliphatic carbocycles. The lowest BCUT2D eigenvalue weighted by atomic mass is 10.00. The van der Waals surface area contributed by atoms with Crippen LogP contribution in [0, 0.1) is 17.8 Å². The van der Waals surface area contributed by atoms with Crippen molar-refractivity contribution in [3.05, 3.63) is 0 Å². The van der Waals surface area contributed by atoms with E-state index in [0.29, 0.717) is 0 Å². The fourth-order valence-corrected chi connectivity index (χ4v) is 1.68. The van der Waals surface area contributed by atoms with Gasteiger partial charge in [-0.2, -0.15) is 0 Å². The highest BCUT2D eigenvalue weighted by molar-refractivity contribution is 5.04. The van der Waals surface area contributed by atoms with Gasteiger partial charge in [0.2, 0.25) is 0 Å². The normalized spacial score (nSPS) is 13.9. The fourth-order valence-electron chi connectivity index (χ4n) is 1.68. The van der Waals surface area contributed by atoms with Crippen LogP contribution in [0.15, 0.2) is 0 Å². The van der Waals surface area contributed by atoms with Crippen LogP contribution in [-0.2, 0) is 0 Å². The van der Waals surface area contributed by atoms with E-state index in [4.69, 9.17) is 5.11 Å². The highest BCUT2D eigenvalue weighted by atomic mass is 16.3. The SMILES string of the molecule is CCCCCCC#CC(C)C(O)CCCCO. The Kier molecular flexibility index (Phi) is 11.6. The lowest BCUT2D eigenvalue weighted by Gasteiger charge is -2.12. The molecule has 0 aliphatic heterocycles. The second-order valence-corrected chi connectivity index (χ2v) is 4.71. The van der Waals surface area contributed by atoms with E-state index in [9.17, 15) is 5.11 Å². The third-order valence-corrected chi connectivity index (χ3v) is 2.97. The summed E-state index contributed by atoms with van der Waals surface area (Å²) < 4.78 is 0. The molecule has 2 heteroatoms. The minimum atomic E-state index is -0.343. The Labute approximate surface area is 106 Å². The fraction of sp³-hybridized carbons (Fsp3) is 0.867. The zero-order valence-electron chi connectivity index (χ0n) is 11.4. The predicted octanol–water partition coefficient (Wildman–Crippen LogP) is 3.12.